The highest BCUT2D eigenvalue weighted by molar-refractivity contribution is 6.99. The second kappa shape index (κ2) is 11.3. The summed E-state index contributed by atoms with van der Waals surface area (Å²) in [7, 11) is 0. The molecule has 1 saturated heterocycles. The van der Waals surface area contributed by atoms with Gasteiger partial charge in [0.1, 0.15) is 12.7 Å². The van der Waals surface area contributed by atoms with Crippen molar-refractivity contribution in [1.82, 2.24) is 14.1 Å². The molecule has 0 radical (unpaired) electrons. The number of rotatable bonds is 7. The molecule has 150 valence electrons. The fourth-order valence-corrected chi connectivity index (χ4v) is 2.41. The highest BCUT2D eigenvalue weighted by Crippen LogP contribution is 2.26. The molecule has 1 aromatic rings. The molecule has 0 spiro atoms. The van der Waals surface area contributed by atoms with Gasteiger partial charge in [0, 0.05) is 31.6 Å². The molecule has 1 aromatic heterocycles. The highest BCUT2D eigenvalue weighted by Gasteiger charge is 2.21. The van der Waals surface area contributed by atoms with Crippen molar-refractivity contribution in [1.29, 1.82) is 0 Å². The van der Waals surface area contributed by atoms with Crippen LogP contribution in [0.4, 0.5) is 5.82 Å². The maximum absolute atomic E-state index is 9.95. The molecule has 1 atom stereocenters. The minimum atomic E-state index is -0.745. The maximum Gasteiger partial charge on any atom is 0.303 e. The van der Waals surface area contributed by atoms with E-state index in [1.807, 2.05) is 0 Å². The number of aliphatic carboxylic acids is 1. The van der Waals surface area contributed by atoms with Crippen LogP contribution in [0, 0.1) is 0 Å². The molecule has 1 aliphatic rings. The van der Waals surface area contributed by atoms with Gasteiger partial charge in [-0.25, -0.2) is 0 Å². The number of β-amino-alcohol motifs (C(OH)–C–C–N with tert-alkyl or cyclic N) is 1. The Kier molecular flexibility index (Phi) is 9.78. The number of aliphatic hydroxyl groups is 1. The topological polar surface area (TPSA) is 117 Å². The lowest BCUT2D eigenvalue weighted by Gasteiger charge is -2.27. The number of carboxylic acids is 1. The normalized spacial score (nSPS) is 15.8. The van der Waals surface area contributed by atoms with Crippen LogP contribution in [-0.2, 0) is 9.53 Å². The number of nitrogens with zero attached hydrogens (tertiary/aromatic N) is 3. The van der Waals surface area contributed by atoms with Crippen molar-refractivity contribution >= 4 is 23.5 Å². The first-order valence-corrected chi connectivity index (χ1v) is 9.39. The molecule has 3 N–H and O–H groups in total. The fraction of sp³-hybridized carbons (Fsp3) is 0.812. The molecule has 9 nitrogen and oxygen atoms in total. The summed E-state index contributed by atoms with van der Waals surface area (Å²) in [6.07, 6.45) is -0.358. The molecule has 0 aromatic carbocycles. The standard InChI is InChI=1S/C13H24N4O3S.C3H6O2/c1-13(2,3)14-8-10(18)9-20-12-11(15-21-16-12)17-4-6-19-7-5-17;1-2-3(4)5/h10,14,18H,4-9H2,1-3H3;2H2,1H3,(H,4,5). The fourth-order valence-electron chi connectivity index (χ4n) is 1.89. The first kappa shape index (κ1) is 22.6. The number of morpholine rings is 1. The van der Waals surface area contributed by atoms with Gasteiger partial charge >= 0.3 is 5.97 Å². The summed E-state index contributed by atoms with van der Waals surface area (Å²) in [6.45, 7) is 11.4. The monoisotopic (exact) mass is 390 g/mol. The second-order valence-electron chi connectivity index (χ2n) is 6.84. The molecular weight excluding hydrogens is 360 g/mol. The van der Waals surface area contributed by atoms with Crippen LogP contribution in [0.15, 0.2) is 0 Å². The summed E-state index contributed by atoms with van der Waals surface area (Å²) in [6, 6.07) is 0. The Bertz CT molecular complexity index is 529. The van der Waals surface area contributed by atoms with Crippen LogP contribution in [-0.4, -0.2) is 76.0 Å². The Morgan fingerprint density at radius 3 is 2.54 bits per heavy atom. The van der Waals surface area contributed by atoms with E-state index in [-0.39, 0.29) is 18.6 Å². The average molecular weight is 391 g/mol. The van der Waals surface area contributed by atoms with E-state index in [2.05, 4.69) is 39.7 Å². The van der Waals surface area contributed by atoms with Crippen molar-refractivity contribution in [3.63, 3.8) is 0 Å². The summed E-state index contributed by atoms with van der Waals surface area (Å²) < 4.78 is 19.4. The summed E-state index contributed by atoms with van der Waals surface area (Å²) in [5, 5.41) is 20.9. The van der Waals surface area contributed by atoms with E-state index in [4.69, 9.17) is 14.6 Å². The Hall–Kier alpha value is -1.49. The Morgan fingerprint density at radius 1 is 1.38 bits per heavy atom. The van der Waals surface area contributed by atoms with E-state index < -0.39 is 12.1 Å². The van der Waals surface area contributed by atoms with Crippen LogP contribution in [0.2, 0.25) is 0 Å². The second-order valence-corrected chi connectivity index (χ2v) is 7.36. The lowest BCUT2D eigenvalue weighted by Crippen LogP contribution is -2.42. The van der Waals surface area contributed by atoms with Gasteiger partial charge in [-0.15, -0.1) is 4.37 Å². The molecule has 0 amide bonds. The average Bonchev–Trinajstić information content (AvgIpc) is 3.07. The molecule has 1 unspecified atom stereocenters. The minimum absolute atomic E-state index is 0.0257. The first-order valence-electron chi connectivity index (χ1n) is 8.66. The van der Waals surface area contributed by atoms with Crippen LogP contribution in [0.25, 0.3) is 0 Å². The summed E-state index contributed by atoms with van der Waals surface area (Å²) >= 11 is 1.12. The lowest BCUT2D eigenvalue weighted by molar-refractivity contribution is -0.136. The van der Waals surface area contributed by atoms with Gasteiger partial charge in [0.05, 0.1) is 24.9 Å². The van der Waals surface area contributed by atoms with Gasteiger partial charge in [0.2, 0.25) is 5.82 Å². The summed E-state index contributed by atoms with van der Waals surface area (Å²) in [5.74, 6) is 0.501. The number of hydrogen-bond acceptors (Lipinski definition) is 9. The first-order chi connectivity index (χ1) is 12.2. The number of carboxylic acid groups (broad SMARTS) is 1. The highest BCUT2D eigenvalue weighted by atomic mass is 32.1. The van der Waals surface area contributed by atoms with Gasteiger partial charge < -0.3 is 29.9 Å². The van der Waals surface area contributed by atoms with Gasteiger partial charge in [-0.1, -0.05) is 6.92 Å². The van der Waals surface area contributed by atoms with Gasteiger partial charge in [0.15, 0.2) is 0 Å². The van der Waals surface area contributed by atoms with E-state index in [1.54, 1.807) is 6.92 Å². The largest absolute Gasteiger partial charge is 0.481 e. The zero-order chi connectivity index (χ0) is 19.6. The Morgan fingerprint density at radius 2 is 2.00 bits per heavy atom. The quantitative estimate of drug-likeness (QED) is 0.626. The van der Waals surface area contributed by atoms with E-state index in [9.17, 15) is 9.90 Å². The number of anilines is 1. The minimum Gasteiger partial charge on any atom is -0.481 e. The third-order valence-corrected chi connectivity index (χ3v) is 3.84. The number of ether oxygens (including phenoxy) is 2. The molecule has 26 heavy (non-hydrogen) atoms. The van der Waals surface area contributed by atoms with Crippen LogP contribution in [0.5, 0.6) is 5.88 Å². The molecule has 2 heterocycles. The van der Waals surface area contributed by atoms with Gasteiger partial charge in [-0.2, -0.15) is 4.37 Å². The molecule has 0 bridgehead atoms. The summed E-state index contributed by atoms with van der Waals surface area (Å²) in [5.41, 5.74) is -0.0257. The predicted molar refractivity (Wildman–Crippen MR) is 100 cm³/mol. The lowest BCUT2D eigenvalue weighted by atomic mass is 10.1. The zero-order valence-electron chi connectivity index (χ0n) is 15.9. The van der Waals surface area contributed by atoms with Gasteiger partial charge in [-0.05, 0) is 20.8 Å². The Balaban J connectivity index is 0.000000597. The molecule has 1 aliphatic heterocycles. The third-order valence-electron chi connectivity index (χ3n) is 3.34. The van der Waals surface area contributed by atoms with Crippen molar-refractivity contribution in [3.05, 3.63) is 0 Å². The number of carbonyl (C=O) groups is 1. The number of aliphatic hydroxyl groups excluding tert-OH is 1. The summed E-state index contributed by atoms with van der Waals surface area (Å²) in [4.78, 5) is 11.5. The van der Waals surface area contributed by atoms with Crippen molar-refractivity contribution in [2.75, 3.05) is 44.4 Å². The zero-order valence-corrected chi connectivity index (χ0v) is 16.7. The molecular formula is C16H30N4O5S. The molecule has 2 rings (SSSR count). The molecule has 0 saturated carbocycles. The van der Waals surface area contributed by atoms with E-state index >= 15 is 0 Å². The Labute approximate surface area is 158 Å². The van der Waals surface area contributed by atoms with Crippen molar-refractivity contribution < 1.29 is 24.5 Å². The number of aromatic nitrogens is 2. The number of hydrogen-bond donors (Lipinski definition) is 3. The van der Waals surface area contributed by atoms with Gasteiger partial charge in [0.25, 0.3) is 5.88 Å². The van der Waals surface area contributed by atoms with Crippen LogP contribution < -0.4 is 15.0 Å². The van der Waals surface area contributed by atoms with Crippen LogP contribution in [0.1, 0.15) is 34.1 Å². The van der Waals surface area contributed by atoms with E-state index in [0.717, 1.165) is 30.6 Å². The number of nitrogens with one attached hydrogen (secondary N) is 1. The van der Waals surface area contributed by atoms with Gasteiger partial charge in [-0.3, -0.25) is 4.79 Å². The van der Waals surface area contributed by atoms with Crippen molar-refractivity contribution in [3.8, 4) is 5.88 Å². The smallest absolute Gasteiger partial charge is 0.303 e. The van der Waals surface area contributed by atoms with E-state index in [0.29, 0.717) is 25.6 Å². The third kappa shape index (κ3) is 9.27. The van der Waals surface area contributed by atoms with Crippen LogP contribution >= 0.6 is 11.7 Å². The predicted octanol–water partition coefficient (Wildman–Crippen LogP) is 0.984. The van der Waals surface area contributed by atoms with Crippen molar-refractivity contribution in [2.24, 2.45) is 0 Å². The molecule has 0 aliphatic carbocycles. The van der Waals surface area contributed by atoms with E-state index in [1.165, 1.54) is 0 Å². The van der Waals surface area contributed by atoms with Crippen molar-refractivity contribution in [2.45, 2.75) is 45.8 Å². The van der Waals surface area contributed by atoms with Crippen LogP contribution in [0.3, 0.4) is 0 Å². The SMILES string of the molecule is CC(C)(C)NCC(O)COc1nsnc1N1CCOCC1.CCC(=O)O. The maximum atomic E-state index is 9.95. The molecule has 1 fully saturated rings. The molecule has 10 heteroatoms.